The van der Waals surface area contributed by atoms with Gasteiger partial charge in [-0.15, -0.1) is 0 Å². The van der Waals surface area contributed by atoms with Gasteiger partial charge >= 0.3 is 0 Å². The van der Waals surface area contributed by atoms with Crippen LogP contribution in [0.1, 0.15) is 36.8 Å². The zero-order valence-electron chi connectivity index (χ0n) is 24.9. The van der Waals surface area contributed by atoms with Crippen LogP contribution in [-0.2, 0) is 23.1 Å². The Morgan fingerprint density at radius 1 is 0.913 bits per heavy atom. The van der Waals surface area contributed by atoms with E-state index in [4.69, 9.17) is 4.98 Å². The predicted molar refractivity (Wildman–Crippen MR) is 171 cm³/mol. The molecule has 14 heteroatoms. The van der Waals surface area contributed by atoms with Gasteiger partial charge in [-0.3, -0.25) is 20.1 Å². The summed E-state index contributed by atoms with van der Waals surface area (Å²) < 4.78 is 56.4. The first-order valence-electron chi connectivity index (χ1n) is 15.0. The molecule has 1 saturated carbocycles. The van der Waals surface area contributed by atoms with Crippen LogP contribution in [-0.4, -0.2) is 56.3 Å². The van der Waals surface area contributed by atoms with Crippen LogP contribution in [0.2, 0.25) is 0 Å². The third-order valence-corrected chi connectivity index (χ3v) is 8.91. The van der Waals surface area contributed by atoms with Crippen LogP contribution in [0.3, 0.4) is 0 Å². The van der Waals surface area contributed by atoms with E-state index in [-0.39, 0.29) is 29.1 Å². The van der Waals surface area contributed by atoms with Crippen molar-refractivity contribution in [2.75, 3.05) is 12.8 Å². The number of fused-ring (bicyclic) bond motifs is 2. The van der Waals surface area contributed by atoms with Crippen LogP contribution in [0.15, 0.2) is 55.1 Å². The molecule has 0 bridgehead atoms. The first kappa shape index (κ1) is 30.0. The molecule has 0 atom stereocenters. The lowest BCUT2D eigenvalue weighted by molar-refractivity contribution is 0.489. The largest absolute Gasteiger partial charge is 0.336 e. The van der Waals surface area contributed by atoms with Crippen molar-refractivity contribution in [2.45, 2.75) is 38.8 Å². The molecule has 0 aliphatic heterocycles. The van der Waals surface area contributed by atoms with E-state index >= 15 is 4.39 Å². The number of hydrogen-bond acceptors (Lipinski definition) is 8. The van der Waals surface area contributed by atoms with Crippen molar-refractivity contribution in [3.8, 4) is 34.0 Å². The van der Waals surface area contributed by atoms with Gasteiger partial charge in [-0.25, -0.2) is 26.9 Å². The first-order valence-corrected chi connectivity index (χ1v) is 16.9. The number of rotatable bonds is 10. The molecule has 0 saturated heterocycles. The number of nitrogens with zero attached hydrogens (tertiary/aromatic N) is 5. The van der Waals surface area contributed by atoms with Crippen LogP contribution in [0.25, 0.3) is 56.0 Å². The van der Waals surface area contributed by atoms with Gasteiger partial charge in [0.1, 0.15) is 22.7 Å². The number of sulfonamides is 1. The SMILES string of the molecule is CS(=O)(=O)NCc1cc(F)cc(-c2nccc3[nH]c(-c4n[nH]c5cnc(-c6cncc(CNCC7CCCC7)c6)c(F)c45)nc23)c1. The Bertz CT molecular complexity index is 2180. The van der Waals surface area contributed by atoms with Gasteiger partial charge in [0.05, 0.1) is 34.6 Å². The summed E-state index contributed by atoms with van der Waals surface area (Å²) >= 11 is 0. The van der Waals surface area contributed by atoms with Crippen molar-refractivity contribution in [3.63, 3.8) is 0 Å². The highest BCUT2D eigenvalue weighted by Crippen LogP contribution is 2.34. The van der Waals surface area contributed by atoms with Gasteiger partial charge in [0.15, 0.2) is 11.6 Å². The van der Waals surface area contributed by atoms with Crippen molar-refractivity contribution >= 4 is 32.0 Å². The van der Waals surface area contributed by atoms with Gasteiger partial charge < -0.3 is 10.3 Å². The molecule has 1 aliphatic carbocycles. The van der Waals surface area contributed by atoms with Gasteiger partial charge in [-0.1, -0.05) is 12.8 Å². The number of aromatic nitrogens is 7. The van der Waals surface area contributed by atoms with Gasteiger partial charge in [0.25, 0.3) is 0 Å². The normalized spacial score (nSPS) is 14.2. The topological polar surface area (TPSA) is 154 Å². The van der Waals surface area contributed by atoms with E-state index in [9.17, 15) is 12.8 Å². The number of imidazole rings is 1. The lowest BCUT2D eigenvalue weighted by Crippen LogP contribution is -2.21. The van der Waals surface area contributed by atoms with Crippen molar-refractivity contribution in [2.24, 2.45) is 5.92 Å². The lowest BCUT2D eigenvalue weighted by atomic mass is 10.1. The van der Waals surface area contributed by atoms with Crippen LogP contribution < -0.4 is 10.0 Å². The molecule has 0 amide bonds. The third kappa shape index (κ3) is 6.23. The molecule has 0 spiro atoms. The third-order valence-electron chi connectivity index (χ3n) is 8.24. The van der Waals surface area contributed by atoms with E-state index in [0.29, 0.717) is 51.4 Å². The Morgan fingerprint density at radius 2 is 1.74 bits per heavy atom. The quantitative estimate of drug-likeness (QED) is 0.158. The van der Waals surface area contributed by atoms with Gasteiger partial charge in [0.2, 0.25) is 10.0 Å². The Morgan fingerprint density at radius 3 is 2.57 bits per heavy atom. The number of benzene rings is 1. The molecule has 0 unspecified atom stereocenters. The first-order chi connectivity index (χ1) is 22.2. The number of halogens is 2. The summed E-state index contributed by atoms with van der Waals surface area (Å²) in [5, 5.41) is 10.9. The highest BCUT2D eigenvalue weighted by atomic mass is 32.2. The van der Waals surface area contributed by atoms with Gasteiger partial charge in [-0.2, -0.15) is 5.10 Å². The maximum absolute atomic E-state index is 16.3. The maximum Gasteiger partial charge on any atom is 0.209 e. The second kappa shape index (κ2) is 12.3. The number of nitrogens with one attached hydrogen (secondary N) is 4. The van der Waals surface area contributed by atoms with Gasteiger partial charge in [0, 0.05) is 42.8 Å². The number of aromatic amines is 2. The fourth-order valence-electron chi connectivity index (χ4n) is 6.06. The molecule has 236 valence electrons. The van der Waals surface area contributed by atoms with E-state index in [2.05, 4.69) is 40.2 Å². The molecule has 11 nitrogen and oxygen atoms in total. The molecule has 7 rings (SSSR count). The van der Waals surface area contributed by atoms with Crippen molar-refractivity contribution in [3.05, 3.63) is 77.9 Å². The standard InChI is InChI=1S/C32H31F2N9O2S/c1-46(44,45)39-15-19-8-21(11-23(33)10-19)29-30-24(6-7-37-29)40-32(41-30)31-26-25(42-43-31)17-38-28(27(26)34)22-9-20(14-36-16-22)13-35-12-18-4-2-3-5-18/h6-11,14,16-18,35,39H,2-5,12-13,15H2,1H3,(H,40,41)(H,42,43). The minimum absolute atomic E-state index is 0.0876. The molecule has 5 heterocycles. The van der Waals surface area contributed by atoms with E-state index < -0.39 is 21.7 Å². The van der Waals surface area contributed by atoms with Crippen LogP contribution >= 0.6 is 0 Å². The lowest BCUT2D eigenvalue weighted by Gasteiger charge is -2.11. The monoisotopic (exact) mass is 643 g/mol. The highest BCUT2D eigenvalue weighted by molar-refractivity contribution is 7.88. The fraction of sp³-hybridized carbons (Fsp3) is 0.281. The van der Waals surface area contributed by atoms with Gasteiger partial charge in [-0.05, 0) is 66.8 Å². The molecular weight excluding hydrogens is 612 g/mol. The minimum Gasteiger partial charge on any atom is -0.336 e. The molecule has 1 aliphatic rings. The van der Waals surface area contributed by atoms with Crippen LogP contribution in [0.4, 0.5) is 8.78 Å². The van der Waals surface area contributed by atoms with E-state index in [1.165, 1.54) is 44.0 Å². The number of hydrogen-bond donors (Lipinski definition) is 4. The Labute approximate surface area is 263 Å². The summed E-state index contributed by atoms with van der Waals surface area (Å²) in [4.78, 5) is 21.1. The molecular formula is C32H31F2N9O2S. The minimum atomic E-state index is -3.48. The average molecular weight is 644 g/mol. The molecule has 4 N–H and O–H groups in total. The Hall–Kier alpha value is -4.66. The summed E-state index contributed by atoms with van der Waals surface area (Å²) in [6.45, 7) is 1.50. The number of H-pyrrole nitrogens is 2. The summed E-state index contributed by atoms with van der Waals surface area (Å²) in [5.74, 6) is -0.130. The summed E-state index contributed by atoms with van der Waals surface area (Å²) in [6, 6.07) is 7.79. The Balaban J connectivity index is 1.22. The van der Waals surface area contributed by atoms with Crippen LogP contribution in [0, 0.1) is 17.6 Å². The highest BCUT2D eigenvalue weighted by Gasteiger charge is 2.22. The summed E-state index contributed by atoms with van der Waals surface area (Å²) in [6.07, 6.45) is 12.6. The molecule has 6 aromatic rings. The Kier molecular flexibility index (Phi) is 8.01. The zero-order valence-corrected chi connectivity index (χ0v) is 25.8. The number of pyridine rings is 3. The molecule has 1 fully saturated rings. The fourth-order valence-corrected chi connectivity index (χ4v) is 6.49. The van der Waals surface area contributed by atoms with E-state index in [0.717, 1.165) is 18.4 Å². The zero-order chi connectivity index (χ0) is 31.8. The molecule has 1 aromatic carbocycles. The molecule has 0 radical (unpaired) electrons. The predicted octanol–water partition coefficient (Wildman–Crippen LogP) is 5.23. The van der Waals surface area contributed by atoms with E-state index in [1.54, 1.807) is 30.7 Å². The van der Waals surface area contributed by atoms with Crippen LogP contribution in [0.5, 0.6) is 0 Å². The second-order valence-electron chi connectivity index (χ2n) is 11.7. The summed E-state index contributed by atoms with van der Waals surface area (Å²) in [5.41, 5.74) is 4.46. The maximum atomic E-state index is 16.3. The second-order valence-corrected chi connectivity index (χ2v) is 13.6. The van der Waals surface area contributed by atoms with Crippen molar-refractivity contribution < 1.29 is 17.2 Å². The van der Waals surface area contributed by atoms with Crippen molar-refractivity contribution in [1.29, 1.82) is 0 Å². The summed E-state index contributed by atoms with van der Waals surface area (Å²) in [7, 11) is -3.48. The molecule has 5 aromatic heterocycles. The van der Waals surface area contributed by atoms with E-state index in [1.807, 2.05) is 6.07 Å². The molecule has 46 heavy (non-hydrogen) atoms. The smallest absolute Gasteiger partial charge is 0.209 e. The average Bonchev–Trinajstić information content (AvgIpc) is 3.80. The van der Waals surface area contributed by atoms with Crippen molar-refractivity contribution in [1.82, 2.24) is 45.2 Å².